The highest BCUT2D eigenvalue weighted by atomic mass is 19.4. The van der Waals surface area contributed by atoms with Crippen molar-refractivity contribution in [2.45, 2.75) is 76.4 Å². The van der Waals surface area contributed by atoms with Crippen LogP contribution in [0.5, 0.6) is 0 Å². The van der Waals surface area contributed by atoms with Crippen molar-refractivity contribution in [1.29, 1.82) is 0 Å². The number of alkyl halides is 6. The van der Waals surface area contributed by atoms with Gasteiger partial charge < -0.3 is 9.47 Å². The van der Waals surface area contributed by atoms with Crippen LogP contribution in [0.4, 0.5) is 26.3 Å². The van der Waals surface area contributed by atoms with Crippen LogP contribution in [0.1, 0.15) is 52.9 Å². The highest BCUT2D eigenvalue weighted by molar-refractivity contribution is 5.71. The average Bonchev–Trinajstić information content (AvgIpc) is 3.00. The van der Waals surface area contributed by atoms with Crippen molar-refractivity contribution in [1.82, 2.24) is 0 Å². The maximum absolute atomic E-state index is 13.6. The third-order valence-electron chi connectivity index (χ3n) is 5.21. The van der Waals surface area contributed by atoms with Gasteiger partial charge in [-0.1, -0.05) is 6.42 Å². The zero-order valence-electron chi connectivity index (χ0n) is 15.0. The van der Waals surface area contributed by atoms with Gasteiger partial charge in [-0.3, -0.25) is 0 Å². The smallest absolute Gasteiger partial charge is 0.426 e. The molecule has 0 aromatic carbocycles. The second kappa shape index (κ2) is 6.87. The fraction of sp³-hybridized carbons (Fsp3) is 0.941. The molecule has 3 atom stereocenters. The molecule has 3 nitrogen and oxygen atoms in total. The monoisotopic (exact) mass is 390 g/mol. The molecule has 0 aliphatic heterocycles. The first-order chi connectivity index (χ1) is 11.6. The minimum absolute atomic E-state index is 0.144. The Labute approximate surface area is 148 Å². The third kappa shape index (κ3) is 4.46. The summed E-state index contributed by atoms with van der Waals surface area (Å²) in [6.45, 7) is 2.97. The van der Waals surface area contributed by atoms with Crippen molar-refractivity contribution in [2.24, 2.45) is 17.8 Å². The van der Waals surface area contributed by atoms with E-state index in [0.29, 0.717) is 19.3 Å². The van der Waals surface area contributed by atoms with E-state index in [1.54, 1.807) is 0 Å². The lowest BCUT2D eigenvalue weighted by Gasteiger charge is -2.40. The van der Waals surface area contributed by atoms with Crippen LogP contribution in [-0.4, -0.2) is 36.1 Å². The Balaban J connectivity index is 2.21. The van der Waals surface area contributed by atoms with Gasteiger partial charge >= 0.3 is 18.3 Å². The SMILES string of the molecule is CC(C)(C)OC(=O)COC(CC1CC2CCC1C2)(C(F)(F)F)C(F)(F)F. The Morgan fingerprint density at radius 2 is 1.54 bits per heavy atom. The summed E-state index contributed by atoms with van der Waals surface area (Å²) >= 11 is 0. The molecule has 2 rings (SSSR count). The number of hydrogen-bond donors (Lipinski definition) is 0. The lowest BCUT2D eigenvalue weighted by Crippen LogP contribution is -2.60. The molecule has 0 spiro atoms. The number of hydrogen-bond acceptors (Lipinski definition) is 3. The fourth-order valence-corrected chi connectivity index (χ4v) is 4.16. The molecule has 26 heavy (non-hydrogen) atoms. The predicted molar refractivity (Wildman–Crippen MR) is 80.2 cm³/mol. The van der Waals surface area contributed by atoms with Gasteiger partial charge in [-0.25, -0.2) is 4.79 Å². The first-order valence-electron chi connectivity index (χ1n) is 8.64. The van der Waals surface area contributed by atoms with Crippen molar-refractivity contribution >= 4 is 5.97 Å². The summed E-state index contributed by atoms with van der Waals surface area (Å²) in [6, 6.07) is 0. The van der Waals surface area contributed by atoms with Crippen molar-refractivity contribution in [2.75, 3.05) is 6.61 Å². The quantitative estimate of drug-likeness (QED) is 0.488. The second-order valence-electron chi connectivity index (χ2n) is 8.34. The maximum atomic E-state index is 13.6. The molecule has 2 bridgehead atoms. The van der Waals surface area contributed by atoms with Gasteiger partial charge in [0.2, 0.25) is 0 Å². The summed E-state index contributed by atoms with van der Waals surface area (Å²) in [5.41, 5.74) is -5.39. The van der Waals surface area contributed by atoms with E-state index in [1.165, 1.54) is 20.8 Å². The Kier molecular flexibility index (Phi) is 5.63. The van der Waals surface area contributed by atoms with Crippen LogP contribution < -0.4 is 0 Å². The molecule has 0 aromatic heterocycles. The normalized spacial score (nSPS) is 27.0. The van der Waals surface area contributed by atoms with Crippen LogP contribution in [0.3, 0.4) is 0 Å². The summed E-state index contributed by atoms with van der Waals surface area (Å²) in [5, 5.41) is 0. The molecule has 152 valence electrons. The molecule has 9 heteroatoms. The molecular weight excluding hydrogens is 366 g/mol. The van der Waals surface area contributed by atoms with E-state index in [4.69, 9.17) is 4.74 Å². The zero-order valence-corrected chi connectivity index (χ0v) is 15.0. The van der Waals surface area contributed by atoms with E-state index >= 15 is 0 Å². The summed E-state index contributed by atoms with van der Waals surface area (Å²) in [7, 11) is 0. The molecule has 0 heterocycles. The fourth-order valence-electron chi connectivity index (χ4n) is 4.16. The van der Waals surface area contributed by atoms with Crippen molar-refractivity contribution in [3.8, 4) is 0 Å². The third-order valence-corrected chi connectivity index (χ3v) is 5.21. The largest absolute Gasteiger partial charge is 0.458 e. The second-order valence-corrected chi connectivity index (χ2v) is 8.34. The molecule has 0 aromatic rings. The van der Waals surface area contributed by atoms with Gasteiger partial charge in [0.25, 0.3) is 5.60 Å². The molecule has 0 saturated heterocycles. The Morgan fingerprint density at radius 1 is 0.962 bits per heavy atom. The highest BCUT2D eigenvalue weighted by Crippen LogP contribution is 2.56. The number of fused-ring (bicyclic) bond motifs is 2. The molecule has 3 unspecified atom stereocenters. The average molecular weight is 390 g/mol. The number of ether oxygens (including phenoxy) is 2. The van der Waals surface area contributed by atoms with E-state index < -0.39 is 48.5 Å². The Bertz CT molecular complexity index is 506. The lowest BCUT2D eigenvalue weighted by atomic mass is 9.79. The molecule has 2 saturated carbocycles. The summed E-state index contributed by atoms with van der Waals surface area (Å²) in [5.74, 6) is -1.93. The summed E-state index contributed by atoms with van der Waals surface area (Å²) in [4.78, 5) is 11.6. The van der Waals surface area contributed by atoms with E-state index in [2.05, 4.69) is 4.74 Å². The number of carbonyl (C=O) groups excluding carboxylic acids is 1. The van der Waals surface area contributed by atoms with Crippen LogP contribution in [0.15, 0.2) is 0 Å². The van der Waals surface area contributed by atoms with Gasteiger partial charge in [0.05, 0.1) is 0 Å². The minimum atomic E-state index is -5.69. The summed E-state index contributed by atoms with van der Waals surface area (Å²) in [6.07, 6.45) is -10.1. The molecule has 0 radical (unpaired) electrons. The van der Waals surface area contributed by atoms with Crippen molar-refractivity contribution < 1.29 is 40.6 Å². The molecular formula is C17H24F6O3. The Morgan fingerprint density at radius 3 is 1.92 bits per heavy atom. The summed E-state index contributed by atoms with van der Waals surface area (Å²) < 4.78 is 90.4. The van der Waals surface area contributed by atoms with Gasteiger partial charge in [0.15, 0.2) is 0 Å². The van der Waals surface area contributed by atoms with Crippen molar-refractivity contribution in [3.63, 3.8) is 0 Å². The highest BCUT2D eigenvalue weighted by Gasteiger charge is 2.73. The molecule has 2 aliphatic rings. The van der Waals surface area contributed by atoms with Crippen LogP contribution in [0, 0.1) is 17.8 Å². The predicted octanol–water partition coefficient (Wildman–Crippen LogP) is 5.03. The van der Waals surface area contributed by atoms with Crippen LogP contribution in [-0.2, 0) is 14.3 Å². The van der Waals surface area contributed by atoms with Crippen LogP contribution in [0.25, 0.3) is 0 Å². The van der Waals surface area contributed by atoms with Crippen molar-refractivity contribution in [3.05, 3.63) is 0 Å². The van der Waals surface area contributed by atoms with Gasteiger partial charge in [-0.05, 0) is 64.2 Å². The van der Waals surface area contributed by atoms with E-state index in [0.717, 1.165) is 6.42 Å². The van der Waals surface area contributed by atoms with Gasteiger partial charge in [-0.2, -0.15) is 26.3 Å². The zero-order chi connectivity index (χ0) is 20.0. The van der Waals surface area contributed by atoms with Crippen LogP contribution in [0.2, 0.25) is 0 Å². The van der Waals surface area contributed by atoms with E-state index in [1.807, 2.05) is 0 Å². The van der Waals surface area contributed by atoms with Gasteiger partial charge in [0.1, 0.15) is 12.2 Å². The molecule has 2 fully saturated rings. The lowest BCUT2D eigenvalue weighted by molar-refractivity contribution is -0.385. The maximum Gasteiger partial charge on any atom is 0.426 e. The number of carbonyl (C=O) groups is 1. The van der Waals surface area contributed by atoms with Gasteiger partial charge in [0, 0.05) is 0 Å². The first-order valence-corrected chi connectivity index (χ1v) is 8.64. The number of esters is 1. The number of halogens is 6. The minimum Gasteiger partial charge on any atom is -0.458 e. The topological polar surface area (TPSA) is 35.5 Å². The molecule has 0 N–H and O–H groups in total. The Hall–Kier alpha value is -0.990. The molecule has 2 aliphatic carbocycles. The van der Waals surface area contributed by atoms with E-state index in [-0.39, 0.29) is 11.8 Å². The molecule has 0 amide bonds. The first kappa shape index (κ1) is 21.3. The van der Waals surface area contributed by atoms with Crippen LogP contribution >= 0.6 is 0 Å². The number of rotatable bonds is 5. The van der Waals surface area contributed by atoms with E-state index in [9.17, 15) is 31.1 Å². The standard InChI is InChI=1S/C17H24F6O3/c1-14(2,3)26-13(24)9-25-15(16(18,19)20,17(21,22)23)8-12-7-10-4-5-11(12)6-10/h10-12H,4-9H2,1-3H3. The van der Waals surface area contributed by atoms with Gasteiger partial charge in [-0.15, -0.1) is 0 Å².